The van der Waals surface area contributed by atoms with Gasteiger partial charge in [-0.3, -0.25) is 9.69 Å². The summed E-state index contributed by atoms with van der Waals surface area (Å²) in [5, 5.41) is 4.26. The molecular weight excluding hydrogens is 398 g/mol. The first-order valence-corrected chi connectivity index (χ1v) is 11.1. The molecule has 2 aromatic heterocycles. The molecule has 160 valence electrons. The number of nitrogens with one attached hydrogen (secondary N) is 1. The van der Waals surface area contributed by atoms with E-state index in [1.165, 1.54) is 4.88 Å². The van der Waals surface area contributed by atoms with E-state index >= 15 is 0 Å². The average Bonchev–Trinajstić information content (AvgIpc) is 3.17. The Morgan fingerprint density at radius 1 is 1.10 bits per heavy atom. The van der Waals surface area contributed by atoms with Crippen molar-refractivity contribution in [3.63, 3.8) is 0 Å². The number of hydrogen-bond acceptors (Lipinski definition) is 6. The van der Waals surface area contributed by atoms with E-state index in [0.717, 1.165) is 40.8 Å². The molecule has 4 rings (SSSR count). The normalized spacial score (nSPS) is 19.9. The smallest absolute Gasteiger partial charge is 0.259 e. The first-order chi connectivity index (χ1) is 14.4. The number of hydrogen-bond donors (Lipinski definition) is 1. The van der Waals surface area contributed by atoms with Crippen molar-refractivity contribution in [3.8, 4) is 22.6 Å². The maximum absolute atomic E-state index is 12.9. The van der Waals surface area contributed by atoms with E-state index in [1.807, 2.05) is 31.4 Å². The van der Waals surface area contributed by atoms with Crippen LogP contribution in [-0.2, 0) is 13.6 Å². The van der Waals surface area contributed by atoms with Crippen LogP contribution in [0.2, 0.25) is 0 Å². The lowest BCUT2D eigenvalue weighted by Gasteiger charge is -2.39. The van der Waals surface area contributed by atoms with Crippen LogP contribution in [0.4, 0.5) is 0 Å². The number of fused-ring (bicyclic) bond motifs is 1. The van der Waals surface area contributed by atoms with Gasteiger partial charge in [0.2, 0.25) is 0 Å². The average molecular weight is 428 g/mol. The van der Waals surface area contributed by atoms with Crippen molar-refractivity contribution in [2.24, 2.45) is 7.05 Å². The Labute approximate surface area is 181 Å². The van der Waals surface area contributed by atoms with Crippen LogP contribution in [0.1, 0.15) is 18.7 Å². The molecule has 0 radical (unpaired) electrons. The van der Waals surface area contributed by atoms with Gasteiger partial charge in [0, 0.05) is 60.1 Å². The van der Waals surface area contributed by atoms with Crippen LogP contribution in [0, 0.1) is 0 Å². The fourth-order valence-corrected chi connectivity index (χ4v) is 5.44. The molecule has 1 saturated heterocycles. The summed E-state index contributed by atoms with van der Waals surface area (Å²) in [7, 11) is 5.08. The minimum atomic E-state index is 0.0399. The summed E-state index contributed by atoms with van der Waals surface area (Å²) < 4.78 is 13.6. The molecule has 3 heterocycles. The second-order valence-electron chi connectivity index (χ2n) is 8.01. The van der Waals surface area contributed by atoms with Gasteiger partial charge in [-0.05, 0) is 37.6 Å². The van der Waals surface area contributed by atoms with Gasteiger partial charge in [-0.15, -0.1) is 11.3 Å². The molecule has 6 nitrogen and oxygen atoms in total. The number of piperazine rings is 1. The summed E-state index contributed by atoms with van der Waals surface area (Å²) in [5.41, 5.74) is 2.08. The summed E-state index contributed by atoms with van der Waals surface area (Å²) in [6.07, 6.45) is 1.92. The highest BCUT2D eigenvalue weighted by molar-refractivity contribution is 7.19. The maximum atomic E-state index is 12.9. The van der Waals surface area contributed by atoms with E-state index in [0.29, 0.717) is 23.6 Å². The molecule has 0 bridgehead atoms. The van der Waals surface area contributed by atoms with Crippen molar-refractivity contribution in [3.05, 3.63) is 45.7 Å². The summed E-state index contributed by atoms with van der Waals surface area (Å²) in [6.45, 7) is 7.35. The first-order valence-electron chi connectivity index (χ1n) is 10.2. The molecule has 7 heteroatoms. The van der Waals surface area contributed by atoms with Crippen molar-refractivity contribution < 1.29 is 9.47 Å². The SMILES string of the molecule is COc1ccc(-c2cn(C)c(=O)c3cc(CN4[C@H](C)CNC[C@@H]4C)sc23)cc1OC. The number of thiophene rings is 1. The molecule has 1 N–H and O–H groups in total. The summed E-state index contributed by atoms with van der Waals surface area (Å²) >= 11 is 1.72. The van der Waals surface area contributed by atoms with Crippen molar-refractivity contribution in [1.82, 2.24) is 14.8 Å². The molecule has 1 aromatic carbocycles. The number of ether oxygens (including phenoxy) is 2. The zero-order valence-electron chi connectivity index (χ0n) is 18.2. The highest BCUT2D eigenvalue weighted by Crippen LogP contribution is 2.38. The van der Waals surface area contributed by atoms with Crippen molar-refractivity contribution in [2.45, 2.75) is 32.5 Å². The van der Waals surface area contributed by atoms with E-state index in [4.69, 9.17) is 9.47 Å². The minimum absolute atomic E-state index is 0.0399. The number of pyridine rings is 1. The van der Waals surface area contributed by atoms with Crippen LogP contribution >= 0.6 is 11.3 Å². The molecule has 0 spiro atoms. The van der Waals surface area contributed by atoms with Crippen LogP contribution in [0.15, 0.2) is 35.3 Å². The third kappa shape index (κ3) is 3.73. The summed E-state index contributed by atoms with van der Waals surface area (Å²) in [5.74, 6) is 1.37. The third-order valence-corrected chi connectivity index (χ3v) is 7.10. The van der Waals surface area contributed by atoms with Crippen LogP contribution in [0.3, 0.4) is 0 Å². The fraction of sp³-hybridized carbons (Fsp3) is 0.435. The quantitative estimate of drug-likeness (QED) is 0.676. The van der Waals surface area contributed by atoms with E-state index in [9.17, 15) is 4.79 Å². The molecule has 0 saturated carbocycles. The van der Waals surface area contributed by atoms with E-state index in [1.54, 1.807) is 30.1 Å². The van der Waals surface area contributed by atoms with Crippen molar-refractivity contribution >= 4 is 21.4 Å². The molecule has 1 aliphatic rings. The Morgan fingerprint density at radius 3 is 2.47 bits per heavy atom. The Balaban J connectivity index is 1.80. The standard InChI is InChI=1S/C23H29N3O3S/c1-14-10-24-11-15(2)26(14)12-17-9-18-22(30-17)19(13-25(3)23(18)27)16-6-7-20(28-4)21(8-16)29-5/h6-9,13-15,24H,10-12H2,1-5H3/t14-,15+. The Bertz CT molecular complexity index is 1110. The van der Waals surface area contributed by atoms with Gasteiger partial charge >= 0.3 is 0 Å². The van der Waals surface area contributed by atoms with Gasteiger partial charge < -0.3 is 19.4 Å². The highest BCUT2D eigenvalue weighted by atomic mass is 32.1. The molecule has 0 unspecified atom stereocenters. The zero-order chi connectivity index (χ0) is 21.4. The number of methoxy groups -OCH3 is 2. The lowest BCUT2D eigenvalue weighted by molar-refractivity contribution is 0.110. The van der Waals surface area contributed by atoms with Crippen molar-refractivity contribution in [1.29, 1.82) is 0 Å². The van der Waals surface area contributed by atoms with Gasteiger partial charge in [0.25, 0.3) is 5.56 Å². The molecule has 30 heavy (non-hydrogen) atoms. The molecular formula is C23H29N3O3S. The highest BCUT2D eigenvalue weighted by Gasteiger charge is 2.25. The third-order valence-electron chi connectivity index (χ3n) is 5.95. The molecule has 1 aliphatic heterocycles. The number of rotatable bonds is 5. The van der Waals surface area contributed by atoms with E-state index in [2.05, 4.69) is 30.1 Å². The van der Waals surface area contributed by atoms with Crippen LogP contribution in [0.25, 0.3) is 21.2 Å². The van der Waals surface area contributed by atoms with E-state index in [-0.39, 0.29) is 5.56 Å². The maximum Gasteiger partial charge on any atom is 0.259 e. The van der Waals surface area contributed by atoms with Crippen LogP contribution in [-0.4, -0.2) is 48.9 Å². The fourth-order valence-electron chi connectivity index (χ4n) is 4.25. The Morgan fingerprint density at radius 2 is 1.80 bits per heavy atom. The van der Waals surface area contributed by atoms with Crippen LogP contribution in [0.5, 0.6) is 11.5 Å². The van der Waals surface area contributed by atoms with E-state index < -0.39 is 0 Å². The predicted octanol–water partition coefficient (Wildman–Crippen LogP) is 3.47. The van der Waals surface area contributed by atoms with Gasteiger partial charge in [-0.2, -0.15) is 0 Å². The predicted molar refractivity (Wildman–Crippen MR) is 123 cm³/mol. The summed E-state index contributed by atoms with van der Waals surface area (Å²) in [6, 6.07) is 8.90. The van der Waals surface area contributed by atoms with Crippen LogP contribution < -0.4 is 20.3 Å². The number of aryl methyl sites for hydroxylation is 1. The van der Waals surface area contributed by atoms with Crippen molar-refractivity contribution in [2.75, 3.05) is 27.3 Å². The first kappa shape index (κ1) is 20.9. The zero-order valence-corrected chi connectivity index (χ0v) is 19.0. The number of nitrogens with zero attached hydrogens (tertiary/aromatic N) is 2. The Kier molecular flexibility index (Phi) is 5.86. The van der Waals surface area contributed by atoms with Gasteiger partial charge in [0.15, 0.2) is 11.5 Å². The molecule has 1 fully saturated rings. The van der Waals surface area contributed by atoms with Gasteiger partial charge in [-0.25, -0.2) is 0 Å². The second-order valence-corrected chi connectivity index (χ2v) is 9.15. The molecule has 0 amide bonds. The Hall–Kier alpha value is -2.35. The second kappa shape index (κ2) is 8.41. The number of benzene rings is 1. The lowest BCUT2D eigenvalue weighted by atomic mass is 10.1. The van der Waals surface area contributed by atoms with Gasteiger partial charge in [-0.1, -0.05) is 6.07 Å². The topological polar surface area (TPSA) is 55.7 Å². The summed E-state index contributed by atoms with van der Waals surface area (Å²) in [4.78, 5) is 16.6. The minimum Gasteiger partial charge on any atom is -0.493 e. The monoisotopic (exact) mass is 427 g/mol. The van der Waals surface area contributed by atoms with Gasteiger partial charge in [0.1, 0.15) is 0 Å². The largest absolute Gasteiger partial charge is 0.493 e. The lowest BCUT2D eigenvalue weighted by Crippen LogP contribution is -2.54. The molecule has 2 atom stereocenters. The number of aromatic nitrogens is 1. The molecule has 0 aliphatic carbocycles. The molecule has 3 aromatic rings. The van der Waals surface area contributed by atoms with Gasteiger partial charge in [0.05, 0.1) is 19.6 Å².